The molecule has 16 heavy (non-hydrogen) atoms. The Bertz CT molecular complexity index is 402. The van der Waals surface area contributed by atoms with Crippen molar-refractivity contribution in [2.45, 2.75) is 6.18 Å². The van der Waals surface area contributed by atoms with Crippen molar-refractivity contribution >= 4 is 12.0 Å². The van der Waals surface area contributed by atoms with Crippen LogP contribution < -0.4 is 10.7 Å². The van der Waals surface area contributed by atoms with E-state index in [1.807, 2.05) is 0 Å². The first kappa shape index (κ1) is 11.8. The van der Waals surface area contributed by atoms with Crippen LogP contribution in [0.25, 0.3) is 0 Å². The summed E-state index contributed by atoms with van der Waals surface area (Å²) in [6.07, 6.45) is -1.67. The van der Waals surface area contributed by atoms with Gasteiger partial charge in [0, 0.05) is 0 Å². The predicted octanol–water partition coefficient (Wildman–Crippen LogP) is 2.13. The molecule has 0 saturated heterocycles. The fraction of sp³-hybridized carbons (Fsp3) is 0.111. The lowest BCUT2D eigenvalue weighted by Gasteiger charge is -2.06. The van der Waals surface area contributed by atoms with Crippen LogP contribution in [-0.4, -0.2) is 6.34 Å². The summed E-state index contributed by atoms with van der Waals surface area (Å²) in [5.41, 5.74) is 2.11. The molecule has 0 heterocycles. The molecule has 0 aliphatic heterocycles. The van der Waals surface area contributed by atoms with E-state index in [1.165, 1.54) is 12.1 Å². The standard InChI is InChI=1S/C9H7F3N4/c10-9(11,12)7-1-3-8(4-2-7)16-15-6-14-5-13/h1-4,6,16H,(H,14,15). The maximum atomic E-state index is 12.2. The Kier molecular flexibility index (Phi) is 3.72. The zero-order valence-corrected chi connectivity index (χ0v) is 7.92. The molecular formula is C9H7F3N4. The predicted molar refractivity (Wildman–Crippen MR) is 52.3 cm³/mol. The number of halogens is 3. The molecule has 2 N–H and O–H groups in total. The summed E-state index contributed by atoms with van der Waals surface area (Å²) in [5, 5.41) is 13.7. The normalized spacial score (nSPS) is 11.1. The van der Waals surface area contributed by atoms with Crippen LogP contribution in [0.4, 0.5) is 18.9 Å². The first-order chi connectivity index (χ1) is 7.54. The number of hydrogen-bond acceptors (Lipinski definition) is 3. The Morgan fingerprint density at radius 3 is 2.38 bits per heavy atom. The number of alkyl halides is 3. The second kappa shape index (κ2) is 5.02. The minimum absolute atomic E-state index is 0.393. The van der Waals surface area contributed by atoms with E-state index in [1.54, 1.807) is 6.19 Å². The van der Waals surface area contributed by atoms with Gasteiger partial charge in [0.2, 0.25) is 0 Å². The van der Waals surface area contributed by atoms with Crippen LogP contribution in [0.2, 0.25) is 0 Å². The van der Waals surface area contributed by atoms with Gasteiger partial charge in [0.25, 0.3) is 0 Å². The average molecular weight is 228 g/mol. The van der Waals surface area contributed by atoms with Crippen molar-refractivity contribution in [1.82, 2.24) is 5.32 Å². The van der Waals surface area contributed by atoms with Gasteiger partial charge >= 0.3 is 6.18 Å². The van der Waals surface area contributed by atoms with E-state index in [0.29, 0.717) is 5.69 Å². The molecule has 84 valence electrons. The lowest BCUT2D eigenvalue weighted by molar-refractivity contribution is -0.137. The molecule has 0 bridgehead atoms. The van der Waals surface area contributed by atoms with Crippen LogP contribution in [0.15, 0.2) is 29.4 Å². The number of rotatable bonds is 3. The van der Waals surface area contributed by atoms with Gasteiger partial charge in [-0.15, -0.1) is 0 Å². The molecular weight excluding hydrogens is 221 g/mol. The molecule has 4 nitrogen and oxygen atoms in total. The Morgan fingerprint density at radius 2 is 1.88 bits per heavy atom. The summed E-state index contributed by atoms with van der Waals surface area (Å²) in [7, 11) is 0. The quantitative estimate of drug-likeness (QED) is 0.274. The van der Waals surface area contributed by atoms with Crippen molar-refractivity contribution in [2.75, 3.05) is 5.43 Å². The smallest absolute Gasteiger partial charge is 0.282 e. The van der Waals surface area contributed by atoms with E-state index in [4.69, 9.17) is 5.26 Å². The van der Waals surface area contributed by atoms with Crippen molar-refractivity contribution < 1.29 is 13.2 Å². The van der Waals surface area contributed by atoms with E-state index in [-0.39, 0.29) is 0 Å². The molecule has 0 atom stereocenters. The van der Waals surface area contributed by atoms with E-state index in [2.05, 4.69) is 15.8 Å². The zero-order valence-electron chi connectivity index (χ0n) is 7.92. The van der Waals surface area contributed by atoms with E-state index in [9.17, 15) is 13.2 Å². The molecule has 0 aliphatic rings. The third-order valence-electron chi connectivity index (χ3n) is 1.60. The molecule has 0 radical (unpaired) electrons. The first-order valence-corrected chi connectivity index (χ1v) is 4.13. The molecule has 7 heteroatoms. The van der Waals surface area contributed by atoms with Gasteiger partial charge in [-0.25, -0.2) is 0 Å². The second-order valence-corrected chi connectivity index (χ2v) is 2.70. The maximum absolute atomic E-state index is 12.2. The Hall–Kier alpha value is -2.23. The zero-order chi connectivity index (χ0) is 12.0. The van der Waals surface area contributed by atoms with Crippen LogP contribution in [0.1, 0.15) is 5.56 Å². The van der Waals surface area contributed by atoms with Crippen molar-refractivity contribution in [3.63, 3.8) is 0 Å². The minimum atomic E-state index is -4.34. The van der Waals surface area contributed by atoms with Gasteiger partial charge in [-0.1, -0.05) is 0 Å². The summed E-state index contributed by atoms with van der Waals surface area (Å²) in [4.78, 5) is 0. The van der Waals surface area contributed by atoms with E-state index < -0.39 is 11.7 Å². The fourth-order valence-electron chi connectivity index (χ4n) is 0.902. The Morgan fingerprint density at radius 1 is 1.25 bits per heavy atom. The average Bonchev–Trinajstić information content (AvgIpc) is 2.24. The number of hydrazone groups is 1. The molecule has 1 rings (SSSR count). The van der Waals surface area contributed by atoms with Gasteiger partial charge in [0.1, 0.15) is 6.34 Å². The molecule has 1 aromatic carbocycles. The van der Waals surface area contributed by atoms with Gasteiger partial charge < -0.3 is 0 Å². The summed E-state index contributed by atoms with van der Waals surface area (Å²) < 4.78 is 36.5. The largest absolute Gasteiger partial charge is 0.416 e. The lowest BCUT2D eigenvalue weighted by Crippen LogP contribution is -2.05. The molecule has 0 unspecified atom stereocenters. The van der Waals surface area contributed by atoms with Gasteiger partial charge in [0.15, 0.2) is 6.19 Å². The van der Waals surface area contributed by atoms with E-state index in [0.717, 1.165) is 18.5 Å². The van der Waals surface area contributed by atoms with Gasteiger partial charge in [-0.3, -0.25) is 10.7 Å². The van der Waals surface area contributed by atoms with Crippen molar-refractivity contribution in [3.8, 4) is 6.19 Å². The maximum Gasteiger partial charge on any atom is 0.416 e. The molecule has 1 aromatic rings. The van der Waals surface area contributed by atoms with Crippen LogP contribution in [0.5, 0.6) is 0 Å². The van der Waals surface area contributed by atoms with Crippen LogP contribution in [0, 0.1) is 11.5 Å². The molecule has 0 saturated carbocycles. The number of anilines is 1. The number of nitrogens with one attached hydrogen (secondary N) is 2. The molecule has 0 fully saturated rings. The highest BCUT2D eigenvalue weighted by Crippen LogP contribution is 2.29. The van der Waals surface area contributed by atoms with Gasteiger partial charge in [-0.05, 0) is 24.3 Å². The number of nitriles is 1. The third kappa shape index (κ3) is 3.49. The van der Waals surface area contributed by atoms with Gasteiger partial charge in [0.05, 0.1) is 11.3 Å². The third-order valence-corrected chi connectivity index (χ3v) is 1.60. The second-order valence-electron chi connectivity index (χ2n) is 2.70. The highest BCUT2D eigenvalue weighted by Gasteiger charge is 2.29. The Balaban J connectivity index is 2.63. The summed E-state index contributed by atoms with van der Waals surface area (Å²) in [5.74, 6) is 0. The topological polar surface area (TPSA) is 60.2 Å². The molecule has 0 spiro atoms. The summed E-state index contributed by atoms with van der Waals surface area (Å²) in [6, 6.07) is 4.37. The van der Waals surface area contributed by atoms with Crippen molar-refractivity contribution in [2.24, 2.45) is 5.10 Å². The molecule has 0 aliphatic carbocycles. The summed E-state index contributed by atoms with van der Waals surface area (Å²) in [6.45, 7) is 0. The first-order valence-electron chi connectivity index (χ1n) is 4.13. The number of hydrogen-bond donors (Lipinski definition) is 2. The minimum Gasteiger partial charge on any atom is -0.282 e. The van der Waals surface area contributed by atoms with Crippen molar-refractivity contribution in [3.05, 3.63) is 29.8 Å². The molecule has 0 amide bonds. The van der Waals surface area contributed by atoms with Crippen LogP contribution >= 0.6 is 0 Å². The number of nitrogens with zero attached hydrogens (tertiary/aromatic N) is 2. The highest BCUT2D eigenvalue weighted by atomic mass is 19.4. The summed E-state index contributed by atoms with van der Waals surface area (Å²) >= 11 is 0. The number of benzene rings is 1. The van der Waals surface area contributed by atoms with Crippen LogP contribution in [-0.2, 0) is 6.18 Å². The van der Waals surface area contributed by atoms with Gasteiger partial charge in [-0.2, -0.15) is 23.5 Å². The lowest BCUT2D eigenvalue weighted by atomic mass is 10.2. The van der Waals surface area contributed by atoms with Crippen LogP contribution in [0.3, 0.4) is 0 Å². The van der Waals surface area contributed by atoms with E-state index >= 15 is 0 Å². The highest BCUT2D eigenvalue weighted by molar-refractivity contribution is 5.58. The fourth-order valence-corrected chi connectivity index (χ4v) is 0.902. The molecule has 0 aromatic heterocycles. The SMILES string of the molecule is N#CNC=NNc1ccc(C(F)(F)F)cc1. The Labute approximate surface area is 89.4 Å². The monoisotopic (exact) mass is 228 g/mol. The van der Waals surface area contributed by atoms with Crippen molar-refractivity contribution in [1.29, 1.82) is 5.26 Å².